The molecular formula is C12H9ClN4O5S. The first-order chi connectivity index (χ1) is 10.7. The molecule has 0 saturated carbocycles. The Morgan fingerprint density at radius 2 is 2.04 bits per heavy atom. The lowest BCUT2D eigenvalue weighted by Crippen LogP contribution is -2.16. The Bertz CT molecular complexity index is 1030. The highest BCUT2D eigenvalue weighted by molar-refractivity contribution is 7.90. The number of rotatable bonds is 3. The Morgan fingerprint density at radius 3 is 2.61 bits per heavy atom. The number of nitro groups is 1. The number of hydrogen-bond acceptors (Lipinski definition) is 7. The second kappa shape index (κ2) is 5.03. The zero-order valence-electron chi connectivity index (χ0n) is 11.8. The van der Waals surface area contributed by atoms with Crippen LogP contribution in [0.1, 0.15) is 11.5 Å². The van der Waals surface area contributed by atoms with Crippen LogP contribution in [0.4, 0.5) is 5.69 Å². The van der Waals surface area contributed by atoms with E-state index in [9.17, 15) is 18.5 Å². The fourth-order valence-corrected chi connectivity index (χ4v) is 4.13. The standard InChI is InChI=1S/C12H9ClN4O5S/c1-6-11(7(2)22-15-6)23(20,21)16-10-5-8(17(18)19)3-4-9(10)12(13)14-16/h3-5H,1-2H3. The molecule has 0 bridgehead atoms. The van der Waals surface area contributed by atoms with Gasteiger partial charge in [0, 0.05) is 17.5 Å². The number of aryl methyl sites for hydroxylation is 2. The molecule has 0 saturated heterocycles. The summed E-state index contributed by atoms with van der Waals surface area (Å²) in [6, 6.07) is 3.68. The average Bonchev–Trinajstić information content (AvgIpc) is 2.99. The second-order valence-corrected chi connectivity index (χ2v) is 6.81. The SMILES string of the molecule is Cc1noc(C)c1S(=O)(=O)n1nc(Cl)c2ccc([N+](=O)[O-])cc21. The Morgan fingerprint density at radius 1 is 1.35 bits per heavy atom. The molecule has 3 rings (SSSR count). The van der Waals surface area contributed by atoms with Crippen molar-refractivity contribution in [2.24, 2.45) is 0 Å². The lowest BCUT2D eigenvalue weighted by atomic mass is 10.2. The molecule has 0 unspecified atom stereocenters. The van der Waals surface area contributed by atoms with E-state index in [1.54, 1.807) is 0 Å². The Kier molecular flexibility index (Phi) is 3.38. The van der Waals surface area contributed by atoms with Gasteiger partial charge >= 0.3 is 0 Å². The predicted octanol–water partition coefficient (Wildman–Crippen LogP) is 2.44. The van der Waals surface area contributed by atoms with Crippen molar-refractivity contribution in [1.29, 1.82) is 0 Å². The summed E-state index contributed by atoms with van der Waals surface area (Å²) in [7, 11) is -4.16. The van der Waals surface area contributed by atoms with Gasteiger partial charge in [-0.05, 0) is 19.9 Å². The third-order valence-corrected chi connectivity index (χ3v) is 5.36. The summed E-state index contributed by atoms with van der Waals surface area (Å²) in [5, 5.41) is 18.5. The van der Waals surface area contributed by atoms with Crippen molar-refractivity contribution in [3.63, 3.8) is 0 Å². The molecule has 9 nitrogen and oxygen atoms in total. The van der Waals surface area contributed by atoms with Crippen LogP contribution in [0.25, 0.3) is 10.9 Å². The molecule has 2 aromatic heterocycles. The lowest BCUT2D eigenvalue weighted by Gasteiger charge is -2.04. The zero-order chi connectivity index (χ0) is 16.9. The number of nitrogens with zero attached hydrogens (tertiary/aromatic N) is 4. The fraction of sp³-hybridized carbons (Fsp3) is 0.167. The number of fused-ring (bicyclic) bond motifs is 1. The maximum Gasteiger partial charge on any atom is 0.288 e. The van der Waals surface area contributed by atoms with Crippen LogP contribution in [-0.2, 0) is 10.0 Å². The first-order valence-corrected chi connectivity index (χ1v) is 8.06. The number of halogens is 1. The minimum absolute atomic E-state index is 0.00389. The van der Waals surface area contributed by atoms with E-state index in [4.69, 9.17) is 16.1 Å². The Hall–Kier alpha value is -2.46. The van der Waals surface area contributed by atoms with Gasteiger partial charge in [-0.3, -0.25) is 10.1 Å². The van der Waals surface area contributed by atoms with Gasteiger partial charge in [-0.2, -0.15) is 12.5 Å². The van der Waals surface area contributed by atoms with E-state index in [0.717, 1.165) is 6.07 Å². The third-order valence-electron chi connectivity index (χ3n) is 3.25. The van der Waals surface area contributed by atoms with Gasteiger partial charge in [-0.15, -0.1) is 5.10 Å². The number of non-ortho nitro benzene ring substituents is 1. The van der Waals surface area contributed by atoms with Crippen molar-refractivity contribution in [2.75, 3.05) is 0 Å². The van der Waals surface area contributed by atoms with Gasteiger partial charge in [0.2, 0.25) is 0 Å². The van der Waals surface area contributed by atoms with Crippen LogP contribution in [0.2, 0.25) is 5.15 Å². The van der Waals surface area contributed by atoms with Gasteiger partial charge in [-0.1, -0.05) is 16.8 Å². The van der Waals surface area contributed by atoms with Gasteiger partial charge in [-0.25, -0.2) is 0 Å². The van der Waals surface area contributed by atoms with E-state index in [0.29, 0.717) is 4.09 Å². The largest absolute Gasteiger partial charge is 0.360 e. The van der Waals surface area contributed by atoms with E-state index >= 15 is 0 Å². The Balaban J connectivity index is 2.36. The van der Waals surface area contributed by atoms with Crippen molar-refractivity contribution in [2.45, 2.75) is 18.7 Å². The Labute approximate surface area is 134 Å². The van der Waals surface area contributed by atoms with Crippen LogP contribution in [0.5, 0.6) is 0 Å². The number of aromatic nitrogens is 3. The number of benzene rings is 1. The van der Waals surface area contributed by atoms with E-state index in [1.165, 1.54) is 26.0 Å². The molecule has 11 heteroatoms. The van der Waals surface area contributed by atoms with Gasteiger partial charge in [0.25, 0.3) is 15.7 Å². The molecule has 0 radical (unpaired) electrons. The van der Waals surface area contributed by atoms with E-state index in [1.807, 2.05) is 0 Å². The topological polar surface area (TPSA) is 121 Å². The van der Waals surface area contributed by atoms with Crippen molar-refractivity contribution < 1.29 is 17.9 Å². The monoisotopic (exact) mass is 356 g/mol. The summed E-state index contributed by atoms with van der Waals surface area (Å²) in [5.74, 6) is 0.0905. The summed E-state index contributed by atoms with van der Waals surface area (Å²) in [6.45, 7) is 2.92. The van der Waals surface area contributed by atoms with Crippen LogP contribution in [0, 0.1) is 24.0 Å². The molecular weight excluding hydrogens is 348 g/mol. The number of nitro benzene ring substituents is 1. The molecule has 0 amide bonds. The van der Waals surface area contributed by atoms with Gasteiger partial charge in [0.05, 0.1) is 10.4 Å². The summed E-state index contributed by atoms with van der Waals surface area (Å²) >= 11 is 5.95. The molecule has 23 heavy (non-hydrogen) atoms. The van der Waals surface area contributed by atoms with E-state index in [2.05, 4.69) is 10.3 Å². The van der Waals surface area contributed by atoms with E-state index < -0.39 is 14.9 Å². The average molecular weight is 357 g/mol. The highest BCUT2D eigenvalue weighted by Gasteiger charge is 2.30. The maximum absolute atomic E-state index is 12.8. The first-order valence-electron chi connectivity index (χ1n) is 6.24. The van der Waals surface area contributed by atoms with Crippen molar-refractivity contribution in [1.82, 2.24) is 14.3 Å². The molecule has 3 aromatic rings. The van der Waals surface area contributed by atoms with Gasteiger partial charge in [0.1, 0.15) is 5.69 Å². The maximum atomic E-state index is 12.8. The van der Waals surface area contributed by atoms with Crippen molar-refractivity contribution in [3.8, 4) is 0 Å². The molecule has 0 spiro atoms. The summed E-state index contributed by atoms with van der Waals surface area (Å²) in [5.41, 5.74) is -0.110. The molecule has 0 aliphatic rings. The molecule has 0 fully saturated rings. The molecule has 0 aliphatic carbocycles. The van der Waals surface area contributed by atoms with Crippen LogP contribution in [0.15, 0.2) is 27.6 Å². The fourth-order valence-electron chi connectivity index (χ4n) is 2.27. The number of hydrogen-bond donors (Lipinski definition) is 0. The first kappa shape index (κ1) is 15.4. The van der Waals surface area contributed by atoms with Crippen LogP contribution < -0.4 is 0 Å². The highest BCUT2D eigenvalue weighted by Crippen LogP contribution is 2.31. The van der Waals surface area contributed by atoms with Crippen molar-refractivity contribution in [3.05, 3.63) is 44.9 Å². The molecule has 0 atom stereocenters. The molecule has 0 aliphatic heterocycles. The van der Waals surface area contributed by atoms with Crippen LogP contribution in [-0.4, -0.2) is 27.7 Å². The summed E-state index contributed by atoms with van der Waals surface area (Å²) in [6.07, 6.45) is 0. The second-order valence-electron chi connectivity index (χ2n) is 4.75. The predicted molar refractivity (Wildman–Crippen MR) is 80.0 cm³/mol. The quantitative estimate of drug-likeness (QED) is 0.521. The molecule has 1 aromatic carbocycles. The van der Waals surface area contributed by atoms with Gasteiger partial charge in [0.15, 0.2) is 15.8 Å². The molecule has 0 N–H and O–H groups in total. The van der Waals surface area contributed by atoms with E-state index in [-0.39, 0.29) is 38.1 Å². The highest BCUT2D eigenvalue weighted by atomic mass is 35.5. The van der Waals surface area contributed by atoms with Crippen LogP contribution >= 0.6 is 11.6 Å². The zero-order valence-corrected chi connectivity index (χ0v) is 13.4. The smallest absolute Gasteiger partial charge is 0.288 e. The van der Waals surface area contributed by atoms with Crippen molar-refractivity contribution >= 4 is 38.2 Å². The van der Waals surface area contributed by atoms with Crippen LogP contribution in [0.3, 0.4) is 0 Å². The van der Waals surface area contributed by atoms with Gasteiger partial charge < -0.3 is 4.52 Å². The minimum atomic E-state index is -4.16. The summed E-state index contributed by atoms with van der Waals surface area (Å²) in [4.78, 5) is 10.1. The third kappa shape index (κ3) is 2.26. The molecule has 120 valence electrons. The molecule has 2 heterocycles. The normalized spacial score (nSPS) is 12.0. The summed E-state index contributed by atoms with van der Waals surface area (Å²) < 4.78 is 31.2. The lowest BCUT2D eigenvalue weighted by molar-refractivity contribution is -0.384. The minimum Gasteiger partial charge on any atom is -0.360 e.